The van der Waals surface area contributed by atoms with Gasteiger partial charge in [-0.3, -0.25) is 11.3 Å². The summed E-state index contributed by atoms with van der Waals surface area (Å²) in [5.41, 5.74) is 3.40. The molecular formula is C4H13N2P. The van der Waals surface area contributed by atoms with Crippen molar-refractivity contribution in [1.29, 1.82) is 0 Å². The molecule has 0 aliphatic heterocycles. The summed E-state index contributed by atoms with van der Waals surface area (Å²) in [6.45, 7) is 4.38. The standard InChI is InChI=1S/C4H13N2P/c1-4(2)7-3-6-5/h4,6-7H,3,5H2,1-2H3. The molecule has 0 rings (SSSR count). The van der Waals surface area contributed by atoms with Gasteiger partial charge in [0.1, 0.15) is 0 Å². The predicted molar refractivity (Wildman–Crippen MR) is 35.6 cm³/mol. The Morgan fingerprint density at radius 2 is 2.29 bits per heavy atom. The Morgan fingerprint density at radius 1 is 1.71 bits per heavy atom. The largest absolute Gasteiger partial charge is 0.271 e. The maximum Gasteiger partial charge on any atom is 0.0271 e. The van der Waals surface area contributed by atoms with Gasteiger partial charge in [-0.25, -0.2) is 0 Å². The third kappa shape index (κ3) is 6.35. The molecule has 0 radical (unpaired) electrons. The second-order valence-corrected chi connectivity index (χ2v) is 3.66. The van der Waals surface area contributed by atoms with Crippen LogP contribution in [-0.4, -0.2) is 11.9 Å². The number of hydrogen-bond donors (Lipinski definition) is 2. The zero-order chi connectivity index (χ0) is 5.70. The van der Waals surface area contributed by atoms with E-state index >= 15 is 0 Å². The molecule has 0 aliphatic carbocycles. The molecule has 3 heteroatoms. The Labute approximate surface area is 46.6 Å². The van der Waals surface area contributed by atoms with Crippen molar-refractivity contribution in [3.05, 3.63) is 0 Å². The molecule has 0 amide bonds. The second-order valence-electron chi connectivity index (χ2n) is 1.74. The van der Waals surface area contributed by atoms with Crippen LogP contribution in [0.5, 0.6) is 0 Å². The van der Waals surface area contributed by atoms with Gasteiger partial charge < -0.3 is 0 Å². The van der Waals surface area contributed by atoms with Gasteiger partial charge in [0.2, 0.25) is 0 Å². The van der Waals surface area contributed by atoms with E-state index in [1.54, 1.807) is 0 Å². The lowest BCUT2D eigenvalue weighted by Gasteiger charge is -2.00. The summed E-state index contributed by atoms with van der Waals surface area (Å²) in [4.78, 5) is 0. The summed E-state index contributed by atoms with van der Waals surface area (Å²) in [6.07, 6.45) is 0.956. The minimum atomic E-state index is 0.788. The minimum Gasteiger partial charge on any atom is -0.271 e. The lowest BCUT2D eigenvalue weighted by molar-refractivity contribution is 0.861. The van der Waals surface area contributed by atoms with Gasteiger partial charge in [0, 0.05) is 6.29 Å². The Balaban J connectivity index is 2.68. The van der Waals surface area contributed by atoms with Gasteiger partial charge in [-0.15, -0.1) is 8.58 Å². The van der Waals surface area contributed by atoms with Crippen molar-refractivity contribution in [3.8, 4) is 0 Å². The van der Waals surface area contributed by atoms with Gasteiger partial charge in [0.25, 0.3) is 0 Å². The molecule has 0 aromatic heterocycles. The first kappa shape index (κ1) is 7.35. The molecule has 0 saturated carbocycles. The van der Waals surface area contributed by atoms with Crippen LogP contribution in [0, 0.1) is 0 Å². The molecule has 0 bridgehead atoms. The van der Waals surface area contributed by atoms with E-state index in [0.29, 0.717) is 0 Å². The van der Waals surface area contributed by atoms with Gasteiger partial charge in [-0.05, 0) is 5.66 Å². The van der Waals surface area contributed by atoms with Gasteiger partial charge in [0.05, 0.1) is 0 Å². The van der Waals surface area contributed by atoms with Crippen LogP contribution < -0.4 is 11.3 Å². The van der Waals surface area contributed by atoms with Crippen LogP contribution in [0.3, 0.4) is 0 Å². The smallest absolute Gasteiger partial charge is 0.0271 e. The van der Waals surface area contributed by atoms with E-state index < -0.39 is 0 Å². The van der Waals surface area contributed by atoms with E-state index in [0.717, 1.165) is 20.5 Å². The molecule has 44 valence electrons. The second kappa shape index (κ2) is 4.51. The van der Waals surface area contributed by atoms with Crippen molar-refractivity contribution in [1.82, 2.24) is 5.43 Å². The molecule has 1 atom stereocenters. The molecule has 0 fully saturated rings. The summed E-state index contributed by atoms with van der Waals surface area (Å²) in [6, 6.07) is 0. The van der Waals surface area contributed by atoms with Crippen LogP contribution in [0.2, 0.25) is 0 Å². The predicted octanol–water partition coefficient (Wildman–Crippen LogP) is 0.494. The van der Waals surface area contributed by atoms with Gasteiger partial charge >= 0.3 is 0 Å². The molecule has 0 heterocycles. The van der Waals surface area contributed by atoms with Crippen LogP contribution in [0.4, 0.5) is 0 Å². The first-order chi connectivity index (χ1) is 3.27. The summed E-state index contributed by atoms with van der Waals surface area (Å²) in [7, 11) is 0.953. The van der Waals surface area contributed by atoms with E-state index in [1.165, 1.54) is 0 Å². The van der Waals surface area contributed by atoms with Crippen molar-refractivity contribution < 1.29 is 0 Å². The minimum absolute atomic E-state index is 0.788. The van der Waals surface area contributed by atoms with E-state index in [4.69, 9.17) is 5.84 Å². The lowest BCUT2D eigenvalue weighted by atomic mass is 10.6. The number of nitrogens with one attached hydrogen (secondary N) is 1. The van der Waals surface area contributed by atoms with Crippen molar-refractivity contribution in [2.24, 2.45) is 5.84 Å². The summed E-state index contributed by atoms with van der Waals surface area (Å²) < 4.78 is 0. The van der Waals surface area contributed by atoms with Gasteiger partial charge in [-0.2, -0.15) is 0 Å². The number of hydrazine groups is 1. The molecule has 1 unspecified atom stereocenters. The van der Waals surface area contributed by atoms with Crippen LogP contribution in [0.15, 0.2) is 0 Å². The highest BCUT2D eigenvalue weighted by atomic mass is 31.1. The fourth-order valence-electron chi connectivity index (χ4n) is 0.263. The monoisotopic (exact) mass is 120 g/mol. The molecule has 0 saturated heterocycles. The maximum atomic E-state index is 5.03. The topological polar surface area (TPSA) is 38.0 Å². The zero-order valence-electron chi connectivity index (χ0n) is 4.86. The average molecular weight is 120 g/mol. The Kier molecular flexibility index (Phi) is 4.73. The highest BCUT2D eigenvalue weighted by Crippen LogP contribution is 2.13. The highest BCUT2D eigenvalue weighted by molar-refractivity contribution is 7.38. The Morgan fingerprint density at radius 3 is 2.43 bits per heavy atom. The summed E-state index contributed by atoms with van der Waals surface area (Å²) in [5, 5.41) is 0. The summed E-state index contributed by atoms with van der Waals surface area (Å²) in [5.74, 6) is 5.03. The van der Waals surface area contributed by atoms with Crippen molar-refractivity contribution in [3.63, 3.8) is 0 Å². The molecule has 7 heavy (non-hydrogen) atoms. The molecular weight excluding hydrogens is 107 g/mol. The van der Waals surface area contributed by atoms with Crippen LogP contribution in [0.1, 0.15) is 13.8 Å². The fraction of sp³-hybridized carbons (Fsp3) is 1.00. The van der Waals surface area contributed by atoms with E-state index in [1.807, 2.05) is 0 Å². The van der Waals surface area contributed by atoms with E-state index in [-0.39, 0.29) is 0 Å². The maximum absolute atomic E-state index is 5.03. The SMILES string of the molecule is CC(C)PCNN. The number of nitrogens with two attached hydrogens (primary N) is 1. The van der Waals surface area contributed by atoms with Crippen LogP contribution in [-0.2, 0) is 0 Å². The molecule has 0 aromatic rings. The number of rotatable bonds is 3. The molecule has 0 spiro atoms. The van der Waals surface area contributed by atoms with Crippen LogP contribution in [0.25, 0.3) is 0 Å². The summed E-state index contributed by atoms with van der Waals surface area (Å²) >= 11 is 0. The van der Waals surface area contributed by atoms with E-state index in [2.05, 4.69) is 19.3 Å². The molecule has 0 aromatic carbocycles. The normalized spacial score (nSPS) is 12.0. The average Bonchev–Trinajstić information content (AvgIpc) is 1.61. The first-order valence-corrected chi connectivity index (χ1v) is 3.72. The van der Waals surface area contributed by atoms with Crippen molar-refractivity contribution >= 4 is 8.58 Å². The number of hydrogen-bond acceptors (Lipinski definition) is 2. The Hall–Kier alpha value is 0.350. The molecule has 3 N–H and O–H groups in total. The van der Waals surface area contributed by atoms with Gasteiger partial charge in [0.15, 0.2) is 0 Å². The highest BCUT2D eigenvalue weighted by Gasteiger charge is 1.87. The first-order valence-electron chi connectivity index (χ1n) is 2.44. The molecule has 0 aliphatic rings. The van der Waals surface area contributed by atoms with Crippen LogP contribution >= 0.6 is 8.58 Å². The third-order valence-electron chi connectivity index (χ3n) is 0.612. The fourth-order valence-corrected chi connectivity index (χ4v) is 0.789. The van der Waals surface area contributed by atoms with E-state index in [9.17, 15) is 0 Å². The zero-order valence-corrected chi connectivity index (χ0v) is 5.86. The molecule has 2 nitrogen and oxygen atoms in total. The van der Waals surface area contributed by atoms with Crippen molar-refractivity contribution in [2.45, 2.75) is 19.5 Å². The quantitative estimate of drug-likeness (QED) is 0.323. The Bertz CT molecular complexity index is 38.7. The van der Waals surface area contributed by atoms with Crippen molar-refractivity contribution in [2.75, 3.05) is 6.29 Å². The third-order valence-corrected chi connectivity index (χ3v) is 1.84. The lowest BCUT2D eigenvalue weighted by Crippen LogP contribution is -2.20. The van der Waals surface area contributed by atoms with Gasteiger partial charge in [-0.1, -0.05) is 13.8 Å².